The maximum absolute atomic E-state index is 8.75. The van der Waals surface area contributed by atoms with E-state index in [1.165, 1.54) is 0 Å². The van der Waals surface area contributed by atoms with Crippen molar-refractivity contribution >= 4 is 0 Å². The van der Waals surface area contributed by atoms with E-state index >= 15 is 0 Å². The fraction of sp³-hybridized carbons (Fsp3) is 0.545. The Bertz CT molecular complexity index is 305. The molecule has 1 saturated heterocycles. The summed E-state index contributed by atoms with van der Waals surface area (Å²) in [6.45, 7) is 2.91. The van der Waals surface area contributed by atoms with E-state index in [1.807, 2.05) is 12.1 Å². The number of nitrogens with zero attached hydrogens (tertiary/aromatic N) is 2. The van der Waals surface area contributed by atoms with Gasteiger partial charge in [-0.25, -0.2) is 0 Å². The predicted octanol–water partition coefficient (Wildman–Crippen LogP) is 2.02. The van der Waals surface area contributed by atoms with Crippen LogP contribution in [0.2, 0.25) is 0 Å². The molecule has 74 valence electrons. The second-order valence-corrected chi connectivity index (χ2v) is 3.76. The molecule has 0 amide bonds. The first-order chi connectivity index (χ1) is 6.88. The molecule has 1 aromatic rings. The molecule has 3 heteroatoms. The van der Waals surface area contributed by atoms with Crippen molar-refractivity contribution in [2.75, 3.05) is 13.1 Å². The number of likely N-dealkylation sites (tertiary alicyclic amines) is 1. The fourth-order valence-electron chi connectivity index (χ4n) is 1.84. The molecule has 14 heavy (non-hydrogen) atoms. The molecular weight excluding hydrogens is 176 g/mol. The normalized spacial score (nSPS) is 19.4. The van der Waals surface area contributed by atoms with Gasteiger partial charge in [0.25, 0.3) is 0 Å². The van der Waals surface area contributed by atoms with E-state index in [0.717, 1.165) is 38.2 Å². The third-order valence-corrected chi connectivity index (χ3v) is 2.73. The van der Waals surface area contributed by atoms with E-state index in [-0.39, 0.29) is 5.92 Å². The Morgan fingerprint density at radius 3 is 2.86 bits per heavy atom. The Labute approximate surface area is 83.9 Å². The summed E-state index contributed by atoms with van der Waals surface area (Å²) in [6, 6.07) is 6.24. The van der Waals surface area contributed by atoms with Gasteiger partial charge in [0, 0.05) is 5.92 Å². The molecule has 1 aliphatic heterocycles. The van der Waals surface area contributed by atoms with Gasteiger partial charge < -0.3 is 4.42 Å². The second-order valence-electron chi connectivity index (χ2n) is 3.76. The molecule has 2 heterocycles. The standard InChI is InChI=1S/C11H14N2O/c12-8-10-3-5-13(6-4-10)9-11-2-1-7-14-11/h1-2,7,10H,3-6,9H2. The lowest BCUT2D eigenvalue weighted by Gasteiger charge is -2.27. The third kappa shape index (κ3) is 2.15. The molecule has 2 rings (SSSR count). The highest BCUT2D eigenvalue weighted by atomic mass is 16.3. The molecule has 3 nitrogen and oxygen atoms in total. The van der Waals surface area contributed by atoms with Gasteiger partial charge in [0.2, 0.25) is 0 Å². The van der Waals surface area contributed by atoms with E-state index in [0.29, 0.717) is 0 Å². The lowest BCUT2D eigenvalue weighted by molar-refractivity contribution is 0.185. The van der Waals surface area contributed by atoms with Crippen LogP contribution in [-0.2, 0) is 6.54 Å². The Morgan fingerprint density at radius 1 is 1.50 bits per heavy atom. The summed E-state index contributed by atoms with van der Waals surface area (Å²) >= 11 is 0. The van der Waals surface area contributed by atoms with Crippen molar-refractivity contribution in [1.29, 1.82) is 5.26 Å². The first-order valence-corrected chi connectivity index (χ1v) is 5.03. The Balaban J connectivity index is 1.82. The molecule has 0 aliphatic carbocycles. The van der Waals surface area contributed by atoms with E-state index in [4.69, 9.17) is 9.68 Å². The van der Waals surface area contributed by atoms with Gasteiger partial charge in [-0.05, 0) is 38.1 Å². The van der Waals surface area contributed by atoms with Crippen LogP contribution in [-0.4, -0.2) is 18.0 Å². The molecule has 1 aromatic heterocycles. The molecule has 0 atom stereocenters. The van der Waals surface area contributed by atoms with E-state index in [9.17, 15) is 0 Å². The molecular formula is C11H14N2O. The summed E-state index contributed by atoms with van der Waals surface area (Å²) in [6.07, 6.45) is 3.70. The van der Waals surface area contributed by atoms with Gasteiger partial charge in [-0.3, -0.25) is 4.90 Å². The average Bonchev–Trinajstić information content (AvgIpc) is 2.72. The quantitative estimate of drug-likeness (QED) is 0.716. The summed E-state index contributed by atoms with van der Waals surface area (Å²) in [7, 11) is 0. The van der Waals surface area contributed by atoms with Crippen molar-refractivity contribution in [3.05, 3.63) is 24.2 Å². The highest BCUT2D eigenvalue weighted by Gasteiger charge is 2.18. The van der Waals surface area contributed by atoms with Crippen molar-refractivity contribution in [3.8, 4) is 6.07 Å². The summed E-state index contributed by atoms with van der Waals surface area (Å²) in [5.41, 5.74) is 0. The number of hydrogen-bond donors (Lipinski definition) is 0. The van der Waals surface area contributed by atoms with Crippen LogP contribution in [0.1, 0.15) is 18.6 Å². The molecule has 0 unspecified atom stereocenters. The SMILES string of the molecule is N#CC1CCN(Cc2ccco2)CC1. The van der Waals surface area contributed by atoms with Gasteiger partial charge in [0.15, 0.2) is 0 Å². The fourth-order valence-corrected chi connectivity index (χ4v) is 1.84. The topological polar surface area (TPSA) is 40.2 Å². The molecule has 1 aliphatic rings. The van der Waals surface area contributed by atoms with Crippen LogP contribution in [0.4, 0.5) is 0 Å². The highest BCUT2D eigenvalue weighted by molar-refractivity contribution is 4.98. The van der Waals surface area contributed by atoms with Crippen LogP contribution < -0.4 is 0 Å². The molecule has 0 N–H and O–H groups in total. The first kappa shape index (κ1) is 9.29. The largest absolute Gasteiger partial charge is 0.468 e. The zero-order valence-corrected chi connectivity index (χ0v) is 8.15. The van der Waals surface area contributed by atoms with Crippen molar-refractivity contribution in [2.24, 2.45) is 5.92 Å². The number of nitriles is 1. The predicted molar refractivity (Wildman–Crippen MR) is 52.3 cm³/mol. The summed E-state index contributed by atoms with van der Waals surface area (Å²) in [5, 5.41) is 8.75. The summed E-state index contributed by atoms with van der Waals surface area (Å²) in [4.78, 5) is 2.34. The van der Waals surface area contributed by atoms with Gasteiger partial charge in [0.1, 0.15) is 5.76 Å². The molecule has 0 radical (unpaired) electrons. The minimum absolute atomic E-state index is 0.267. The van der Waals surface area contributed by atoms with E-state index < -0.39 is 0 Å². The van der Waals surface area contributed by atoms with Gasteiger partial charge in [-0.1, -0.05) is 0 Å². The number of hydrogen-bond acceptors (Lipinski definition) is 3. The lowest BCUT2D eigenvalue weighted by atomic mass is 9.99. The van der Waals surface area contributed by atoms with Crippen molar-refractivity contribution in [3.63, 3.8) is 0 Å². The molecule has 0 spiro atoms. The molecule has 0 bridgehead atoms. The van der Waals surface area contributed by atoms with Crippen LogP contribution in [0.15, 0.2) is 22.8 Å². The maximum atomic E-state index is 8.75. The number of furan rings is 1. The minimum atomic E-state index is 0.267. The summed E-state index contributed by atoms with van der Waals surface area (Å²) < 4.78 is 5.28. The summed E-state index contributed by atoms with van der Waals surface area (Å²) in [5.74, 6) is 1.28. The zero-order valence-electron chi connectivity index (χ0n) is 8.15. The number of piperidine rings is 1. The molecule has 0 aromatic carbocycles. The Morgan fingerprint density at radius 2 is 2.29 bits per heavy atom. The molecule has 0 saturated carbocycles. The van der Waals surface area contributed by atoms with Crippen LogP contribution in [0.25, 0.3) is 0 Å². The third-order valence-electron chi connectivity index (χ3n) is 2.73. The maximum Gasteiger partial charge on any atom is 0.117 e. The van der Waals surface area contributed by atoms with Crippen LogP contribution in [0, 0.1) is 17.2 Å². The van der Waals surface area contributed by atoms with Crippen molar-refractivity contribution < 1.29 is 4.42 Å². The number of rotatable bonds is 2. The molecule has 1 fully saturated rings. The van der Waals surface area contributed by atoms with Crippen molar-refractivity contribution in [1.82, 2.24) is 4.90 Å². The van der Waals surface area contributed by atoms with Crippen LogP contribution in [0.5, 0.6) is 0 Å². The highest BCUT2D eigenvalue weighted by Crippen LogP contribution is 2.17. The first-order valence-electron chi connectivity index (χ1n) is 5.03. The lowest BCUT2D eigenvalue weighted by Crippen LogP contribution is -2.32. The zero-order chi connectivity index (χ0) is 9.80. The smallest absolute Gasteiger partial charge is 0.117 e. The van der Waals surface area contributed by atoms with Gasteiger partial charge >= 0.3 is 0 Å². The van der Waals surface area contributed by atoms with E-state index in [1.54, 1.807) is 6.26 Å². The Hall–Kier alpha value is -1.27. The average molecular weight is 190 g/mol. The van der Waals surface area contributed by atoms with Gasteiger partial charge in [0.05, 0.1) is 18.9 Å². The van der Waals surface area contributed by atoms with Gasteiger partial charge in [-0.15, -0.1) is 0 Å². The minimum Gasteiger partial charge on any atom is -0.468 e. The van der Waals surface area contributed by atoms with Crippen molar-refractivity contribution in [2.45, 2.75) is 19.4 Å². The second kappa shape index (κ2) is 4.30. The van der Waals surface area contributed by atoms with Crippen LogP contribution >= 0.6 is 0 Å². The van der Waals surface area contributed by atoms with E-state index in [2.05, 4.69) is 11.0 Å². The monoisotopic (exact) mass is 190 g/mol. The van der Waals surface area contributed by atoms with Crippen LogP contribution in [0.3, 0.4) is 0 Å². The van der Waals surface area contributed by atoms with Gasteiger partial charge in [-0.2, -0.15) is 5.26 Å². The Kier molecular flexibility index (Phi) is 2.85.